The van der Waals surface area contributed by atoms with Crippen LogP contribution in [0.1, 0.15) is 43.7 Å². The van der Waals surface area contributed by atoms with E-state index in [9.17, 15) is 14.4 Å². The van der Waals surface area contributed by atoms with Crippen molar-refractivity contribution in [3.05, 3.63) is 35.4 Å². The van der Waals surface area contributed by atoms with E-state index in [4.69, 9.17) is 9.47 Å². The highest BCUT2D eigenvalue weighted by atomic mass is 16.7. The summed E-state index contributed by atoms with van der Waals surface area (Å²) in [6.45, 7) is 4.80. The van der Waals surface area contributed by atoms with E-state index in [0.29, 0.717) is 32.4 Å². The van der Waals surface area contributed by atoms with Gasteiger partial charge >= 0.3 is 5.97 Å². The van der Waals surface area contributed by atoms with Crippen LogP contribution in [0.15, 0.2) is 24.3 Å². The van der Waals surface area contributed by atoms with Crippen LogP contribution in [-0.2, 0) is 30.5 Å². The smallest absolute Gasteiger partial charge is 0.310 e. The lowest BCUT2D eigenvalue weighted by Crippen LogP contribution is -2.44. The first-order chi connectivity index (χ1) is 13.0. The molecule has 3 unspecified atom stereocenters. The number of carbonyl (C=O) groups is 3. The van der Waals surface area contributed by atoms with Crippen LogP contribution in [0.25, 0.3) is 0 Å². The van der Waals surface area contributed by atoms with Gasteiger partial charge in [0, 0.05) is 12.5 Å². The highest BCUT2D eigenvalue weighted by Crippen LogP contribution is 2.20. The average Bonchev–Trinajstić information content (AvgIpc) is 3.00. The Labute approximate surface area is 159 Å². The number of rotatable bonds is 11. The van der Waals surface area contributed by atoms with Crippen molar-refractivity contribution in [1.82, 2.24) is 10.6 Å². The molecule has 148 valence electrons. The third-order valence-corrected chi connectivity index (χ3v) is 4.65. The number of aryl methyl sites for hydroxylation is 1. The van der Waals surface area contributed by atoms with Gasteiger partial charge in [0.25, 0.3) is 0 Å². The number of ether oxygens (including phenoxy) is 2. The molecular weight excluding hydrogens is 348 g/mol. The topological polar surface area (TPSA) is 93.7 Å². The maximum atomic E-state index is 12.5. The van der Waals surface area contributed by atoms with Crippen molar-refractivity contribution < 1.29 is 23.9 Å². The number of hydrogen-bond acceptors (Lipinski definition) is 5. The largest absolute Gasteiger partial charge is 0.433 e. The van der Waals surface area contributed by atoms with Gasteiger partial charge in [-0.2, -0.15) is 0 Å². The fourth-order valence-electron chi connectivity index (χ4n) is 3.00. The molecule has 27 heavy (non-hydrogen) atoms. The van der Waals surface area contributed by atoms with Gasteiger partial charge in [-0.3, -0.25) is 14.4 Å². The molecule has 7 nitrogen and oxygen atoms in total. The summed E-state index contributed by atoms with van der Waals surface area (Å²) in [6.07, 6.45) is 2.05. The zero-order chi connectivity index (χ0) is 19.6. The minimum Gasteiger partial charge on any atom is -0.433 e. The summed E-state index contributed by atoms with van der Waals surface area (Å²) in [5, 5.41) is 5.49. The van der Waals surface area contributed by atoms with Crippen molar-refractivity contribution in [2.75, 3.05) is 6.54 Å². The second-order valence-electron chi connectivity index (χ2n) is 6.79. The molecule has 0 aromatic heterocycles. The van der Waals surface area contributed by atoms with Gasteiger partial charge in [0.1, 0.15) is 6.04 Å². The van der Waals surface area contributed by atoms with Crippen LogP contribution in [0.3, 0.4) is 0 Å². The van der Waals surface area contributed by atoms with Crippen LogP contribution in [0.2, 0.25) is 0 Å². The summed E-state index contributed by atoms with van der Waals surface area (Å²) in [6, 6.07) is 7.41. The quantitative estimate of drug-likeness (QED) is 0.349. The molecule has 0 bridgehead atoms. The zero-order valence-electron chi connectivity index (χ0n) is 15.9. The number of benzene rings is 1. The van der Waals surface area contributed by atoms with E-state index in [-0.39, 0.29) is 24.2 Å². The third-order valence-electron chi connectivity index (χ3n) is 4.65. The Kier molecular flexibility index (Phi) is 8.26. The summed E-state index contributed by atoms with van der Waals surface area (Å²) >= 11 is 0. The molecule has 3 atom stereocenters. The number of esters is 1. The molecule has 1 aliphatic heterocycles. The Morgan fingerprint density at radius 2 is 2.11 bits per heavy atom. The second kappa shape index (κ2) is 10.7. The molecule has 1 aliphatic rings. The molecule has 0 saturated carbocycles. The van der Waals surface area contributed by atoms with Gasteiger partial charge in [0.2, 0.25) is 18.6 Å². The predicted molar refractivity (Wildman–Crippen MR) is 99.5 cm³/mol. The minimum absolute atomic E-state index is 0.105. The Morgan fingerprint density at radius 3 is 2.78 bits per heavy atom. The highest BCUT2D eigenvalue weighted by Gasteiger charge is 2.37. The molecule has 1 saturated heterocycles. The Hall–Kier alpha value is -2.41. The van der Waals surface area contributed by atoms with Gasteiger partial charge in [-0.05, 0) is 31.7 Å². The molecule has 0 aliphatic carbocycles. The third kappa shape index (κ3) is 6.67. The lowest BCUT2D eigenvalue weighted by molar-refractivity contribution is -0.168. The molecule has 1 aromatic carbocycles. The van der Waals surface area contributed by atoms with E-state index in [1.54, 1.807) is 0 Å². The van der Waals surface area contributed by atoms with E-state index in [2.05, 4.69) is 10.6 Å². The fraction of sp³-hybridized carbons (Fsp3) is 0.550. The highest BCUT2D eigenvalue weighted by molar-refractivity contribution is 5.81. The van der Waals surface area contributed by atoms with Gasteiger partial charge in [0.05, 0.1) is 13.0 Å². The Balaban J connectivity index is 1.86. The molecule has 1 aromatic rings. The standard InChI is InChI=1S/C20H28N2O5/c1-3-16(5-4-10-21-13-23)19(25)22-17-11-18(24)27-20(17)26-12-15-8-6-14(2)7-9-15/h6-9,13,16-17,20H,3-5,10-12H2,1-2H3,(H,21,23)(H,22,25). The van der Waals surface area contributed by atoms with E-state index in [1.165, 1.54) is 0 Å². The van der Waals surface area contributed by atoms with Crippen molar-refractivity contribution in [1.29, 1.82) is 0 Å². The lowest BCUT2D eigenvalue weighted by atomic mass is 9.98. The molecule has 0 radical (unpaired) electrons. The zero-order valence-corrected chi connectivity index (χ0v) is 15.9. The molecular formula is C20H28N2O5. The summed E-state index contributed by atoms with van der Waals surface area (Å²) < 4.78 is 11.0. The first-order valence-corrected chi connectivity index (χ1v) is 9.37. The van der Waals surface area contributed by atoms with Gasteiger partial charge in [-0.15, -0.1) is 0 Å². The normalized spacial score (nSPS) is 20.0. The number of hydrogen-bond donors (Lipinski definition) is 2. The maximum absolute atomic E-state index is 12.5. The number of cyclic esters (lactones) is 1. The van der Waals surface area contributed by atoms with Crippen molar-refractivity contribution in [2.24, 2.45) is 5.92 Å². The first-order valence-electron chi connectivity index (χ1n) is 9.37. The van der Waals surface area contributed by atoms with Crippen LogP contribution >= 0.6 is 0 Å². The van der Waals surface area contributed by atoms with Gasteiger partial charge in [0.15, 0.2) is 0 Å². The predicted octanol–water partition coefficient (Wildman–Crippen LogP) is 1.82. The minimum atomic E-state index is -0.781. The molecule has 7 heteroatoms. The van der Waals surface area contributed by atoms with Crippen LogP contribution < -0.4 is 10.6 Å². The number of nitrogens with one attached hydrogen (secondary N) is 2. The summed E-state index contributed by atoms with van der Waals surface area (Å²) in [5.41, 5.74) is 2.13. The van der Waals surface area contributed by atoms with E-state index >= 15 is 0 Å². The maximum Gasteiger partial charge on any atom is 0.310 e. The van der Waals surface area contributed by atoms with Crippen LogP contribution in [0.4, 0.5) is 0 Å². The average molecular weight is 376 g/mol. The Morgan fingerprint density at radius 1 is 1.37 bits per heavy atom. The van der Waals surface area contributed by atoms with Crippen molar-refractivity contribution >= 4 is 18.3 Å². The van der Waals surface area contributed by atoms with Crippen LogP contribution in [0.5, 0.6) is 0 Å². The molecule has 1 heterocycles. The summed E-state index contributed by atoms with van der Waals surface area (Å²) in [5.74, 6) is -0.667. The van der Waals surface area contributed by atoms with Gasteiger partial charge < -0.3 is 20.1 Å². The van der Waals surface area contributed by atoms with Crippen molar-refractivity contribution in [3.8, 4) is 0 Å². The molecule has 1 fully saturated rings. The molecule has 2 rings (SSSR count). The van der Waals surface area contributed by atoms with Crippen LogP contribution in [0, 0.1) is 12.8 Å². The molecule has 2 N–H and O–H groups in total. The molecule has 0 spiro atoms. The summed E-state index contributed by atoms with van der Waals surface area (Å²) in [7, 11) is 0. The van der Waals surface area contributed by atoms with E-state index in [0.717, 1.165) is 17.5 Å². The SMILES string of the molecule is CCC(CCCNC=O)C(=O)NC1CC(=O)OC1OCc1ccc(C)cc1. The van der Waals surface area contributed by atoms with Crippen LogP contribution in [-0.4, -0.2) is 37.2 Å². The fourth-order valence-corrected chi connectivity index (χ4v) is 3.00. The number of carbonyl (C=O) groups excluding carboxylic acids is 3. The monoisotopic (exact) mass is 376 g/mol. The van der Waals surface area contributed by atoms with E-state index in [1.807, 2.05) is 38.1 Å². The number of amides is 2. The summed E-state index contributed by atoms with van der Waals surface area (Å²) in [4.78, 5) is 34.5. The van der Waals surface area contributed by atoms with Gasteiger partial charge in [-0.25, -0.2) is 0 Å². The molecule has 2 amide bonds. The lowest BCUT2D eigenvalue weighted by Gasteiger charge is -2.22. The van der Waals surface area contributed by atoms with E-state index < -0.39 is 12.3 Å². The van der Waals surface area contributed by atoms with Crippen molar-refractivity contribution in [3.63, 3.8) is 0 Å². The van der Waals surface area contributed by atoms with Gasteiger partial charge in [-0.1, -0.05) is 36.8 Å². The van der Waals surface area contributed by atoms with Crippen molar-refractivity contribution in [2.45, 2.75) is 58.5 Å². The second-order valence-corrected chi connectivity index (χ2v) is 6.79. The first kappa shape index (κ1) is 20.9. The Bertz CT molecular complexity index is 632.